The number of hydrogen-bond donors (Lipinski definition) is 2. The van der Waals surface area contributed by atoms with Crippen molar-refractivity contribution >= 4 is 33.2 Å². The Bertz CT molecular complexity index is 1260. The second-order valence-corrected chi connectivity index (χ2v) is 9.56. The van der Waals surface area contributed by atoms with E-state index in [9.17, 15) is 18.0 Å². The number of amides is 2. The zero-order valence-electron chi connectivity index (χ0n) is 19.7. The lowest BCUT2D eigenvalue weighted by molar-refractivity contribution is -0.114. The molecule has 8 nitrogen and oxygen atoms in total. The van der Waals surface area contributed by atoms with E-state index in [1.807, 2.05) is 6.92 Å². The summed E-state index contributed by atoms with van der Waals surface area (Å²) in [6.07, 6.45) is 1.78. The van der Waals surface area contributed by atoms with Crippen LogP contribution in [0.25, 0.3) is 0 Å². The summed E-state index contributed by atoms with van der Waals surface area (Å²) in [4.78, 5) is 25.8. The number of unbranched alkanes of at least 4 members (excludes halogenated alkanes) is 1. The van der Waals surface area contributed by atoms with Crippen molar-refractivity contribution in [3.8, 4) is 5.75 Å². The predicted molar refractivity (Wildman–Crippen MR) is 136 cm³/mol. The van der Waals surface area contributed by atoms with Crippen LogP contribution in [0.4, 0.5) is 11.4 Å². The monoisotopic (exact) mass is 495 g/mol. The number of carbonyl (C=O) groups is 2. The number of nitrogens with one attached hydrogen (secondary N) is 2. The average molecular weight is 496 g/mol. The second kappa shape index (κ2) is 12.0. The standard InChI is InChI=1S/C26H29N3O5S/c1-3-4-18-27-26(31)21-14-8-9-15-22(21)28-25(30)19-29(23-16-10-11-17-24(23)34-2)35(32,33)20-12-6-5-7-13-20/h5-17H,3-4,18-19H2,1-2H3,(H,27,31)(H,28,30). The third-order valence-electron chi connectivity index (χ3n) is 5.23. The van der Waals surface area contributed by atoms with Crippen LogP contribution < -0.4 is 19.7 Å². The van der Waals surface area contributed by atoms with E-state index in [4.69, 9.17) is 4.74 Å². The minimum atomic E-state index is -4.10. The molecule has 0 atom stereocenters. The highest BCUT2D eigenvalue weighted by atomic mass is 32.2. The number of nitrogens with zero attached hydrogens (tertiary/aromatic N) is 1. The molecule has 0 aliphatic rings. The average Bonchev–Trinajstić information content (AvgIpc) is 2.88. The number of hydrogen-bond acceptors (Lipinski definition) is 5. The van der Waals surface area contributed by atoms with Crippen LogP contribution >= 0.6 is 0 Å². The number of methoxy groups -OCH3 is 1. The largest absolute Gasteiger partial charge is 0.495 e. The zero-order chi connectivity index (χ0) is 25.3. The molecule has 0 spiro atoms. The van der Waals surface area contributed by atoms with E-state index in [1.54, 1.807) is 66.7 Å². The number of benzene rings is 3. The summed E-state index contributed by atoms with van der Waals surface area (Å²) in [7, 11) is -2.67. The molecular weight excluding hydrogens is 466 g/mol. The van der Waals surface area contributed by atoms with Gasteiger partial charge in [0.25, 0.3) is 15.9 Å². The van der Waals surface area contributed by atoms with Crippen LogP contribution in [-0.2, 0) is 14.8 Å². The molecule has 3 rings (SSSR count). The molecule has 0 saturated heterocycles. The molecule has 3 aromatic rings. The Morgan fingerprint density at radius 3 is 2.29 bits per heavy atom. The van der Waals surface area contributed by atoms with E-state index < -0.39 is 22.5 Å². The third kappa shape index (κ3) is 6.39. The van der Waals surface area contributed by atoms with Gasteiger partial charge in [-0.05, 0) is 42.8 Å². The van der Waals surface area contributed by atoms with Crippen LogP contribution in [0.3, 0.4) is 0 Å². The van der Waals surface area contributed by atoms with Gasteiger partial charge in [-0.2, -0.15) is 0 Å². The van der Waals surface area contributed by atoms with E-state index in [-0.39, 0.29) is 16.5 Å². The van der Waals surface area contributed by atoms with E-state index in [2.05, 4.69) is 10.6 Å². The van der Waals surface area contributed by atoms with Crippen molar-refractivity contribution in [1.82, 2.24) is 5.32 Å². The lowest BCUT2D eigenvalue weighted by Gasteiger charge is -2.25. The molecule has 2 N–H and O–H groups in total. The zero-order valence-corrected chi connectivity index (χ0v) is 20.5. The van der Waals surface area contributed by atoms with Crippen molar-refractivity contribution in [1.29, 1.82) is 0 Å². The summed E-state index contributed by atoms with van der Waals surface area (Å²) in [5.41, 5.74) is 0.815. The Morgan fingerprint density at radius 1 is 0.914 bits per heavy atom. The van der Waals surface area contributed by atoms with Gasteiger partial charge in [0.1, 0.15) is 12.3 Å². The highest BCUT2D eigenvalue weighted by molar-refractivity contribution is 7.92. The van der Waals surface area contributed by atoms with E-state index in [0.29, 0.717) is 23.5 Å². The van der Waals surface area contributed by atoms with Crippen molar-refractivity contribution in [2.45, 2.75) is 24.7 Å². The van der Waals surface area contributed by atoms with Crippen LogP contribution in [-0.4, -0.2) is 40.4 Å². The number of para-hydroxylation sites is 3. The number of sulfonamides is 1. The van der Waals surface area contributed by atoms with Crippen LogP contribution in [0.2, 0.25) is 0 Å². The highest BCUT2D eigenvalue weighted by Crippen LogP contribution is 2.32. The maximum atomic E-state index is 13.5. The molecule has 0 fully saturated rings. The van der Waals surface area contributed by atoms with Crippen LogP contribution in [0.1, 0.15) is 30.1 Å². The summed E-state index contributed by atoms with van der Waals surface area (Å²) in [5, 5.41) is 5.52. The number of rotatable bonds is 11. The van der Waals surface area contributed by atoms with Crippen molar-refractivity contribution in [3.63, 3.8) is 0 Å². The van der Waals surface area contributed by atoms with Crippen LogP contribution in [0, 0.1) is 0 Å². The van der Waals surface area contributed by atoms with Gasteiger partial charge in [0.05, 0.1) is 28.9 Å². The Balaban J connectivity index is 1.91. The lowest BCUT2D eigenvalue weighted by Crippen LogP contribution is -2.38. The molecule has 9 heteroatoms. The molecule has 0 bridgehead atoms. The number of ether oxygens (including phenoxy) is 1. The normalized spacial score (nSPS) is 10.9. The summed E-state index contributed by atoms with van der Waals surface area (Å²) >= 11 is 0. The van der Waals surface area contributed by atoms with Gasteiger partial charge in [-0.15, -0.1) is 0 Å². The van der Waals surface area contributed by atoms with Gasteiger partial charge in [-0.3, -0.25) is 13.9 Å². The fourth-order valence-corrected chi connectivity index (χ4v) is 4.89. The van der Waals surface area contributed by atoms with Crippen molar-refractivity contribution in [3.05, 3.63) is 84.4 Å². The molecule has 0 aliphatic carbocycles. The fraction of sp³-hybridized carbons (Fsp3) is 0.231. The minimum absolute atomic E-state index is 0.0365. The molecule has 2 amide bonds. The molecule has 0 heterocycles. The quantitative estimate of drug-likeness (QED) is 0.391. The Labute approximate surface area is 206 Å². The molecule has 0 saturated carbocycles. The van der Waals surface area contributed by atoms with E-state index in [0.717, 1.165) is 17.1 Å². The van der Waals surface area contributed by atoms with Gasteiger partial charge < -0.3 is 15.4 Å². The first-order chi connectivity index (χ1) is 16.9. The SMILES string of the molecule is CCCCNC(=O)c1ccccc1NC(=O)CN(c1ccccc1OC)S(=O)(=O)c1ccccc1. The first kappa shape index (κ1) is 25.8. The Morgan fingerprint density at radius 2 is 1.57 bits per heavy atom. The second-order valence-electron chi connectivity index (χ2n) is 7.70. The maximum absolute atomic E-state index is 13.5. The van der Waals surface area contributed by atoms with Crippen molar-refractivity contribution in [2.24, 2.45) is 0 Å². The van der Waals surface area contributed by atoms with E-state index in [1.165, 1.54) is 19.2 Å². The van der Waals surface area contributed by atoms with Gasteiger partial charge in [0, 0.05) is 6.54 Å². The molecule has 0 unspecified atom stereocenters. The summed E-state index contributed by atoms with van der Waals surface area (Å²) in [6, 6.07) is 21.0. The number of anilines is 2. The lowest BCUT2D eigenvalue weighted by atomic mass is 10.1. The molecular formula is C26H29N3O5S. The van der Waals surface area contributed by atoms with Gasteiger partial charge >= 0.3 is 0 Å². The van der Waals surface area contributed by atoms with E-state index >= 15 is 0 Å². The molecule has 35 heavy (non-hydrogen) atoms. The number of carbonyl (C=O) groups excluding carboxylic acids is 2. The smallest absolute Gasteiger partial charge is 0.264 e. The van der Waals surface area contributed by atoms with Gasteiger partial charge in [-0.1, -0.05) is 55.8 Å². The first-order valence-corrected chi connectivity index (χ1v) is 12.7. The minimum Gasteiger partial charge on any atom is -0.495 e. The molecule has 0 aliphatic heterocycles. The molecule has 184 valence electrons. The Hall–Kier alpha value is -3.85. The fourth-order valence-electron chi connectivity index (χ4n) is 3.44. The van der Waals surface area contributed by atoms with Crippen LogP contribution in [0.5, 0.6) is 5.75 Å². The van der Waals surface area contributed by atoms with Crippen molar-refractivity contribution < 1.29 is 22.7 Å². The van der Waals surface area contributed by atoms with Gasteiger partial charge in [0.15, 0.2) is 0 Å². The highest BCUT2D eigenvalue weighted by Gasteiger charge is 2.29. The summed E-state index contributed by atoms with van der Waals surface area (Å²) < 4.78 is 33.4. The molecule has 3 aromatic carbocycles. The topological polar surface area (TPSA) is 105 Å². The third-order valence-corrected chi connectivity index (χ3v) is 7.01. The predicted octanol–water partition coefficient (Wildman–Crippen LogP) is 4.06. The Kier molecular flexibility index (Phi) is 8.86. The first-order valence-electron chi connectivity index (χ1n) is 11.3. The van der Waals surface area contributed by atoms with Gasteiger partial charge in [-0.25, -0.2) is 8.42 Å². The summed E-state index contributed by atoms with van der Waals surface area (Å²) in [5.74, 6) is -0.618. The molecule has 0 aromatic heterocycles. The van der Waals surface area contributed by atoms with Gasteiger partial charge in [0.2, 0.25) is 5.91 Å². The van der Waals surface area contributed by atoms with Crippen molar-refractivity contribution in [2.75, 3.05) is 29.8 Å². The van der Waals surface area contributed by atoms with Crippen LogP contribution in [0.15, 0.2) is 83.8 Å². The molecule has 0 radical (unpaired) electrons. The summed E-state index contributed by atoms with van der Waals surface area (Å²) in [6.45, 7) is 2.02. The maximum Gasteiger partial charge on any atom is 0.264 e.